The molecule has 0 bridgehead atoms. The van der Waals surface area contributed by atoms with E-state index in [2.05, 4.69) is 15.4 Å². The van der Waals surface area contributed by atoms with Gasteiger partial charge in [-0.1, -0.05) is 27.2 Å². The molecular formula is C31H47ClN6O6S. The molecule has 0 radical (unpaired) electrons. The monoisotopic (exact) mass is 666 g/mol. The minimum Gasteiger partial charge on any atom is -0.493 e. The molecule has 12 nitrogen and oxygen atoms in total. The molecule has 1 aliphatic rings. The molecule has 1 atom stereocenters. The summed E-state index contributed by atoms with van der Waals surface area (Å²) in [5.74, 6) is 0.712. The number of aromatic nitrogens is 4. The molecule has 2 N–H and O–H groups in total. The molecule has 3 heterocycles. The van der Waals surface area contributed by atoms with Crippen molar-refractivity contribution in [3.63, 3.8) is 0 Å². The number of fused-ring (bicyclic) bond motifs is 1. The van der Waals surface area contributed by atoms with Gasteiger partial charge in [0.15, 0.2) is 5.52 Å². The Balaban J connectivity index is 0.00000552. The number of hydrogen-bond acceptors (Lipinski definition) is 9. The first-order valence-corrected chi connectivity index (χ1v) is 17.1. The Morgan fingerprint density at radius 3 is 2.56 bits per heavy atom. The van der Waals surface area contributed by atoms with Crippen LogP contribution in [0, 0.1) is 5.92 Å². The highest BCUT2D eigenvalue weighted by atomic mass is 35.5. The molecular weight excluding hydrogens is 620 g/mol. The standard InChI is InChI=1S/C31H46N6O6S.ClH/c1-6-9-25-28-29(36(5)35-25)31(39)34-30(33-28)24-19-23(11-12-26(24)42-18-7-2)44(40,41)37-16-14-21(15-17-37)10-13-27(38)43-20-22(8-3)32-4;/h11-12,19,21-22,32H,6-10,13-18,20H2,1-5H3,(H,33,34,39);1H. The van der Waals surface area contributed by atoms with Crippen LogP contribution in [0.4, 0.5) is 0 Å². The van der Waals surface area contributed by atoms with Crippen LogP contribution < -0.4 is 15.6 Å². The summed E-state index contributed by atoms with van der Waals surface area (Å²) in [6, 6.07) is 4.86. The molecule has 0 amide bonds. The van der Waals surface area contributed by atoms with E-state index in [4.69, 9.17) is 14.5 Å². The lowest BCUT2D eigenvalue weighted by molar-refractivity contribution is -0.144. The quantitative estimate of drug-likeness (QED) is 0.228. The fourth-order valence-electron chi connectivity index (χ4n) is 5.55. The van der Waals surface area contributed by atoms with Crippen molar-refractivity contribution >= 4 is 39.4 Å². The van der Waals surface area contributed by atoms with Crippen molar-refractivity contribution in [2.75, 3.05) is 33.4 Å². The smallest absolute Gasteiger partial charge is 0.305 e. The number of esters is 1. The van der Waals surface area contributed by atoms with Crippen molar-refractivity contribution in [1.82, 2.24) is 29.4 Å². The third-order valence-corrected chi connectivity index (χ3v) is 10.1. The van der Waals surface area contributed by atoms with Gasteiger partial charge in [-0.15, -0.1) is 12.4 Å². The molecule has 2 aromatic heterocycles. The normalized spacial score (nSPS) is 15.1. The number of aryl methyl sites for hydroxylation is 2. The van der Waals surface area contributed by atoms with Gasteiger partial charge in [0.2, 0.25) is 10.0 Å². The summed E-state index contributed by atoms with van der Waals surface area (Å²) in [5, 5.41) is 7.61. The van der Waals surface area contributed by atoms with Gasteiger partial charge < -0.3 is 19.8 Å². The number of carbonyl (C=O) groups excluding carboxylic acids is 1. The van der Waals surface area contributed by atoms with Crippen LogP contribution >= 0.6 is 12.4 Å². The average Bonchev–Trinajstić information content (AvgIpc) is 3.34. The van der Waals surface area contributed by atoms with Gasteiger partial charge in [0.1, 0.15) is 23.7 Å². The number of nitrogens with one attached hydrogen (secondary N) is 2. The molecule has 1 aromatic carbocycles. The lowest BCUT2D eigenvalue weighted by atomic mass is 9.93. The van der Waals surface area contributed by atoms with E-state index in [9.17, 15) is 18.0 Å². The van der Waals surface area contributed by atoms with Gasteiger partial charge in [0.25, 0.3) is 5.56 Å². The van der Waals surface area contributed by atoms with E-state index in [0.29, 0.717) is 80.8 Å². The number of H-pyrrole nitrogens is 1. The second kappa shape index (κ2) is 16.5. The third-order valence-electron chi connectivity index (χ3n) is 8.23. The summed E-state index contributed by atoms with van der Waals surface area (Å²) in [6.07, 6.45) is 5.46. The SMILES string of the molecule is CCCOc1ccc(S(=O)(=O)N2CCC(CCC(=O)OCC(CC)NC)CC2)cc1-c1nc2c(CCC)nn(C)c2c(=O)[nH]1.Cl. The maximum absolute atomic E-state index is 13.8. The van der Waals surface area contributed by atoms with Crippen LogP contribution in [0.1, 0.15) is 71.4 Å². The Hall–Kier alpha value is -3.00. The first kappa shape index (κ1) is 36.5. The number of likely N-dealkylation sites (N-methyl/N-ethyl adjacent to an activating group) is 1. The predicted octanol–water partition coefficient (Wildman–Crippen LogP) is 4.21. The first-order valence-electron chi connectivity index (χ1n) is 15.7. The molecule has 1 saturated heterocycles. The molecule has 3 aromatic rings. The second-order valence-electron chi connectivity index (χ2n) is 11.4. The molecule has 0 spiro atoms. The molecule has 4 rings (SSSR count). The molecule has 0 saturated carbocycles. The number of sulfonamides is 1. The Morgan fingerprint density at radius 1 is 1.18 bits per heavy atom. The van der Waals surface area contributed by atoms with E-state index < -0.39 is 10.0 Å². The van der Waals surface area contributed by atoms with E-state index in [1.54, 1.807) is 19.2 Å². The Labute approximate surface area is 271 Å². The van der Waals surface area contributed by atoms with Gasteiger partial charge in [-0.3, -0.25) is 14.3 Å². The predicted molar refractivity (Wildman–Crippen MR) is 176 cm³/mol. The van der Waals surface area contributed by atoms with E-state index >= 15 is 0 Å². The van der Waals surface area contributed by atoms with E-state index in [-0.39, 0.29) is 46.6 Å². The van der Waals surface area contributed by atoms with Crippen molar-refractivity contribution in [3.05, 3.63) is 34.2 Å². The number of carbonyl (C=O) groups is 1. The van der Waals surface area contributed by atoms with Gasteiger partial charge in [-0.05, 0) is 69.7 Å². The molecule has 1 unspecified atom stereocenters. The number of nitrogens with zero attached hydrogens (tertiary/aromatic N) is 4. The van der Waals surface area contributed by atoms with Gasteiger partial charge in [-0.25, -0.2) is 13.4 Å². The number of ether oxygens (including phenoxy) is 2. The van der Waals surface area contributed by atoms with Crippen molar-refractivity contribution in [2.45, 2.75) is 83.1 Å². The first-order chi connectivity index (χ1) is 21.1. The molecule has 14 heteroatoms. The van der Waals surface area contributed by atoms with Crippen LogP contribution in [0.5, 0.6) is 5.75 Å². The second-order valence-corrected chi connectivity index (χ2v) is 13.3. The number of rotatable bonds is 15. The summed E-state index contributed by atoms with van der Waals surface area (Å²) < 4.78 is 42.0. The van der Waals surface area contributed by atoms with Gasteiger partial charge in [0.05, 0.1) is 22.8 Å². The molecule has 0 aliphatic carbocycles. The number of aromatic amines is 1. The minimum atomic E-state index is -3.83. The number of benzene rings is 1. The van der Waals surface area contributed by atoms with Gasteiger partial charge in [0, 0.05) is 32.6 Å². The zero-order valence-corrected chi connectivity index (χ0v) is 28.6. The molecule has 250 valence electrons. The minimum absolute atomic E-state index is 0. The van der Waals surface area contributed by atoms with Crippen molar-refractivity contribution < 1.29 is 22.7 Å². The lowest BCUT2D eigenvalue weighted by Crippen LogP contribution is -2.38. The largest absolute Gasteiger partial charge is 0.493 e. The average molecular weight is 667 g/mol. The van der Waals surface area contributed by atoms with E-state index in [1.165, 1.54) is 15.1 Å². The number of hydrogen-bond donors (Lipinski definition) is 2. The van der Waals surface area contributed by atoms with E-state index in [1.807, 2.05) is 27.8 Å². The summed E-state index contributed by atoms with van der Waals surface area (Å²) in [6.45, 7) is 7.55. The highest BCUT2D eigenvalue weighted by Crippen LogP contribution is 2.33. The van der Waals surface area contributed by atoms with Gasteiger partial charge in [-0.2, -0.15) is 9.40 Å². The third kappa shape index (κ3) is 8.63. The van der Waals surface area contributed by atoms with Crippen LogP contribution in [-0.2, 0) is 33.0 Å². The fourth-order valence-corrected chi connectivity index (χ4v) is 7.05. The summed E-state index contributed by atoms with van der Waals surface area (Å²) >= 11 is 0. The maximum Gasteiger partial charge on any atom is 0.305 e. The Kier molecular flexibility index (Phi) is 13.4. The Morgan fingerprint density at radius 2 is 1.91 bits per heavy atom. The zero-order chi connectivity index (χ0) is 31.9. The molecule has 1 fully saturated rings. The number of piperidine rings is 1. The lowest BCUT2D eigenvalue weighted by Gasteiger charge is -2.31. The molecule has 1 aliphatic heterocycles. The molecule has 45 heavy (non-hydrogen) atoms. The van der Waals surface area contributed by atoms with Crippen LogP contribution in [0.3, 0.4) is 0 Å². The summed E-state index contributed by atoms with van der Waals surface area (Å²) in [7, 11) is -0.271. The van der Waals surface area contributed by atoms with Crippen LogP contribution in [-0.4, -0.2) is 77.8 Å². The zero-order valence-electron chi connectivity index (χ0n) is 26.9. The van der Waals surface area contributed by atoms with Crippen LogP contribution in [0.25, 0.3) is 22.4 Å². The van der Waals surface area contributed by atoms with Crippen LogP contribution in [0.2, 0.25) is 0 Å². The van der Waals surface area contributed by atoms with Crippen LogP contribution in [0.15, 0.2) is 27.9 Å². The van der Waals surface area contributed by atoms with Crippen molar-refractivity contribution in [3.8, 4) is 17.1 Å². The number of halogens is 1. The highest BCUT2D eigenvalue weighted by Gasteiger charge is 2.31. The van der Waals surface area contributed by atoms with Gasteiger partial charge >= 0.3 is 5.97 Å². The van der Waals surface area contributed by atoms with Crippen molar-refractivity contribution in [2.24, 2.45) is 13.0 Å². The summed E-state index contributed by atoms with van der Waals surface area (Å²) in [5.41, 5.74) is 1.64. The van der Waals surface area contributed by atoms with E-state index in [0.717, 1.165) is 25.0 Å². The topological polar surface area (TPSA) is 149 Å². The fraction of sp³-hybridized carbons (Fsp3) is 0.613. The maximum atomic E-state index is 13.8. The Bertz CT molecular complexity index is 1600. The van der Waals surface area contributed by atoms with Crippen molar-refractivity contribution in [1.29, 1.82) is 0 Å². The highest BCUT2D eigenvalue weighted by molar-refractivity contribution is 7.89. The summed E-state index contributed by atoms with van der Waals surface area (Å²) in [4.78, 5) is 33.0.